The second-order valence-corrected chi connectivity index (χ2v) is 7.62. The van der Waals surface area contributed by atoms with E-state index in [-0.39, 0.29) is 11.4 Å². The minimum atomic E-state index is -0.451. The Morgan fingerprint density at radius 1 is 1.26 bits per heavy atom. The minimum Gasteiger partial charge on any atom is -0.317 e. The number of carbonyl (C=O) groups is 1. The quantitative estimate of drug-likeness (QED) is 0.727. The van der Waals surface area contributed by atoms with Crippen molar-refractivity contribution in [2.75, 3.05) is 0 Å². The molecule has 2 aromatic rings. The fourth-order valence-corrected chi connectivity index (χ4v) is 3.82. The van der Waals surface area contributed by atoms with Crippen LogP contribution < -0.4 is 0 Å². The van der Waals surface area contributed by atoms with Crippen LogP contribution in [0.15, 0.2) is 52.2 Å². The number of aromatic nitrogens is 1. The number of aliphatic imine (C=N–C) groups is 1. The number of amidine groups is 2. The number of thioether (sulfide) groups is 1. The molecule has 2 aliphatic rings. The predicted molar refractivity (Wildman–Crippen MR) is 111 cm³/mol. The standard InChI is InChI=1S/C18H13Cl2N5OS/c1-2-15-23-25-16(21)12(17(26)22-18(25)27-15)8-10-4-3-7-24(10)11-5-6-13(19)14(20)9-11/h3-9,21H,2H2,1H3/b12-8+,21-16?. The molecule has 4 rings (SSSR count). The van der Waals surface area contributed by atoms with Gasteiger partial charge in [0.1, 0.15) is 5.04 Å². The summed E-state index contributed by atoms with van der Waals surface area (Å²) in [5, 5.41) is 16.3. The van der Waals surface area contributed by atoms with Crippen LogP contribution in [0.4, 0.5) is 0 Å². The summed E-state index contributed by atoms with van der Waals surface area (Å²) in [7, 11) is 0. The molecule has 6 nitrogen and oxygen atoms in total. The molecule has 0 radical (unpaired) electrons. The third kappa shape index (κ3) is 3.22. The minimum absolute atomic E-state index is 0.0165. The molecule has 1 aromatic heterocycles. The molecule has 9 heteroatoms. The Hall–Kier alpha value is -2.35. The molecule has 1 N–H and O–H groups in total. The summed E-state index contributed by atoms with van der Waals surface area (Å²) >= 11 is 13.4. The van der Waals surface area contributed by atoms with Crippen LogP contribution in [0.1, 0.15) is 19.0 Å². The van der Waals surface area contributed by atoms with Gasteiger partial charge in [-0.2, -0.15) is 15.1 Å². The monoisotopic (exact) mass is 417 g/mol. The first kappa shape index (κ1) is 18.0. The highest BCUT2D eigenvalue weighted by atomic mass is 35.5. The van der Waals surface area contributed by atoms with Gasteiger partial charge in [-0.25, -0.2) is 0 Å². The lowest BCUT2D eigenvalue weighted by atomic mass is 10.1. The Balaban J connectivity index is 1.74. The lowest BCUT2D eigenvalue weighted by Crippen LogP contribution is -2.35. The number of halogens is 2. The Morgan fingerprint density at radius 3 is 2.81 bits per heavy atom. The largest absolute Gasteiger partial charge is 0.317 e. The van der Waals surface area contributed by atoms with Gasteiger partial charge in [0.05, 0.1) is 15.6 Å². The molecule has 27 heavy (non-hydrogen) atoms. The van der Waals surface area contributed by atoms with Crippen LogP contribution in [0, 0.1) is 5.41 Å². The Labute approximate surface area is 169 Å². The van der Waals surface area contributed by atoms with Crippen molar-refractivity contribution in [1.29, 1.82) is 5.41 Å². The van der Waals surface area contributed by atoms with E-state index in [0.717, 1.165) is 17.2 Å². The second-order valence-electron chi connectivity index (χ2n) is 5.77. The van der Waals surface area contributed by atoms with Crippen molar-refractivity contribution < 1.29 is 4.79 Å². The maximum atomic E-state index is 12.5. The first-order valence-corrected chi connectivity index (χ1v) is 9.67. The first-order valence-electron chi connectivity index (χ1n) is 8.10. The molecule has 1 amide bonds. The van der Waals surface area contributed by atoms with Crippen LogP contribution in [0.2, 0.25) is 10.0 Å². The van der Waals surface area contributed by atoms with E-state index >= 15 is 0 Å². The summed E-state index contributed by atoms with van der Waals surface area (Å²) < 4.78 is 1.86. The van der Waals surface area contributed by atoms with Crippen LogP contribution in [-0.4, -0.2) is 31.5 Å². The molecule has 0 bridgehead atoms. The number of rotatable bonds is 3. The maximum absolute atomic E-state index is 12.5. The Bertz CT molecular complexity index is 1070. The molecule has 0 spiro atoms. The number of hydrazone groups is 1. The number of nitrogens with zero attached hydrogens (tertiary/aromatic N) is 4. The van der Waals surface area contributed by atoms with Gasteiger partial charge in [-0.15, -0.1) is 0 Å². The Kier molecular flexibility index (Phi) is 4.67. The number of benzene rings is 1. The van der Waals surface area contributed by atoms with Gasteiger partial charge in [0.15, 0.2) is 5.84 Å². The van der Waals surface area contributed by atoms with E-state index in [9.17, 15) is 4.79 Å². The molecule has 0 saturated carbocycles. The normalized spacial score (nSPS) is 18.0. The van der Waals surface area contributed by atoms with Crippen LogP contribution >= 0.6 is 35.0 Å². The lowest BCUT2D eigenvalue weighted by molar-refractivity contribution is -0.114. The summed E-state index contributed by atoms with van der Waals surface area (Å²) in [5.41, 5.74) is 1.69. The van der Waals surface area contributed by atoms with Gasteiger partial charge in [-0.3, -0.25) is 10.2 Å². The van der Waals surface area contributed by atoms with Gasteiger partial charge in [-0.1, -0.05) is 30.1 Å². The van der Waals surface area contributed by atoms with Crippen LogP contribution in [0.25, 0.3) is 11.8 Å². The number of fused-ring (bicyclic) bond motifs is 1. The highest BCUT2D eigenvalue weighted by molar-refractivity contribution is 8.26. The SMILES string of the molecule is CCC1=NN2C(=N)/C(=C\c3cccn3-c3ccc(Cl)c(Cl)c3)C(=O)N=C2S1. The zero-order valence-electron chi connectivity index (χ0n) is 14.1. The third-order valence-corrected chi connectivity index (χ3v) is 5.84. The Morgan fingerprint density at radius 2 is 2.07 bits per heavy atom. The number of nitrogens with one attached hydrogen (secondary N) is 1. The van der Waals surface area contributed by atoms with Crippen molar-refractivity contribution in [3.8, 4) is 5.69 Å². The zero-order chi connectivity index (χ0) is 19.1. The van der Waals surface area contributed by atoms with Crippen molar-refractivity contribution in [3.05, 3.63) is 57.8 Å². The van der Waals surface area contributed by atoms with Crippen LogP contribution in [0.3, 0.4) is 0 Å². The van der Waals surface area contributed by atoms with Crippen molar-refractivity contribution in [1.82, 2.24) is 9.58 Å². The van der Waals surface area contributed by atoms with E-state index in [1.807, 2.05) is 35.9 Å². The van der Waals surface area contributed by atoms with Gasteiger partial charge < -0.3 is 4.57 Å². The molecule has 0 aliphatic carbocycles. The number of hydrogen-bond donors (Lipinski definition) is 1. The molecule has 0 fully saturated rings. The van der Waals surface area contributed by atoms with E-state index in [4.69, 9.17) is 28.6 Å². The molecule has 1 aromatic carbocycles. The smallest absolute Gasteiger partial charge is 0.283 e. The summed E-state index contributed by atoms with van der Waals surface area (Å²) in [5.74, 6) is -0.434. The first-order chi connectivity index (χ1) is 13.0. The second kappa shape index (κ2) is 6.99. The topological polar surface area (TPSA) is 73.8 Å². The molecule has 2 aliphatic heterocycles. The fraction of sp³-hybridized carbons (Fsp3) is 0.111. The van der Waals surface area contributed by atoms with E-state index in [1.165, 1.54) is 16.8 Å². The highest BCUT2D eigenvalue weighted by Crippen LogP contribution is 2.30. The van der Waals surface area contributed by atoms with E-state index in [0.29, 0.717) is 20.9 Å². The zero-order valence-corrected chi connectivity index (χ0v) is 16.4. The lowest BCUT2D eigenvalue weighted by Gasteiger charge is -2.20. The average Bonchev–Trinajstić information content (AvgIpc) is 3.27. The molecule has 0 unspecified atom stereocenters. The average molecular weight is 418 g/mol. The van der Waals surface area contributed by atoms with Gasteiger partial charge in [0, 0.05) is 17.6 Å². The van der Waals surface area contributed by atoms with Gasteiger partial charge >= 0.3 is 0 Å². The van der Waals surface area contributed by atoms with Crippen molar-refractivity contribution in [3.63, 3.8) is 0 Å². The van der Waals surface area contributed by atoms with Crippen molar-refractivity contribution in [2.24, 2.45) is 10.1 Å². The van der Waals surface area contributed by atoms with Crippen molar-refractivity contribution in [2.45, 2.75) is 13.3 Å². The molecule has 3 heterocycles. The van der Waals surface area contributed by atoms with Gasteiger partial charge in [0.25, 0.3) is 5.91 Å². The molecule has 0 atom stereocenters. The van der Waals surface area contributed by atoms with Crippen LogP contribution in [-0.2, 0) is 4.79 Å². The van der Waals surface area contributed by atoms with E-state index in [2.05, 4.69) is 10.1 Å². The summed E-state index contributed by atoms with van der Waals surface area (Å²) in [4.78, 5) is 16.6. The molecular formula is C18H13Cl2N5OS. The van der Waals surface area contributed by atoms with E-state index in [1.54, 1.807) is 18.2 Å². The summed E-state index contributed by atoms with van der Waals surface area (Å²) in [6.45, 7) is 1.97. The third-order valence-electron chi connectivity index (χ3n) is 4.05. The molecule has 0 saturated heterocycles. The van der Waals surface area contributed by atoms with Gasteiger partial charge in [0.2, 0.25) is 5.17 Å². The summed E-state index contributed by atoms with van der Waals surface area (Å²) in [6.07, 6.45) is 4.20. The van der Waals surface area contributed by atoms with Crippen molar-refractivity contribution >= 4 is 63.0 Å². The maximum Gasteiger partial charge on any atom is 0.283 e. The number of hydrogen-bond acceptors (Lipinski definition) is 4. The molecule has 136 valence electrons. The number of amides is 1. The van der Waals surface area contributed by atoms with Gasteiger partial charge in [-0.05, 0) is 54.6 Å². The summed E-state index contributed by atoms with van der Waals surface area (Å²) in [6, 6.07) is 8.97. The fourth-order valence-electron chi connectivity index (χ4n) is 2.70. The van der Waals surface area contributed by atoms with Crippen LogP contribution in [0.5, 0.6) is 0 Å². The molecular weight excluding hydrogens is 405 g/mol. The highest BCUT2D eigenvalue weighted by Gasteiger charge is 2.35. The number of carbonyl (C=O) groups excluding carboxylic acids is 1. The van der Waals surface area contributed by atoms with E-state index < -0.39 is 5.91 Å². The predicted octanol–water partition coefficient (Wildman–Crippen LogP) is 4.81.